The Kier molecular flexibility index (Phi) is 6.70. The van der Waals surface area contributed by atoms with Gasteiger partial charge in [-0.1, -0.05) is 35.9 Å². The van der Waals surface area contributed by atoms with E-state index >= 15 is 0 Å². The van der Waals surface area contributed by atoms with Crippen molar-refractivity contribution >= 4 is 34.8 Å². The van der Waals surface area contributed by atoms with Gasteiger partial charge in [0.1, 0.15) is 5.75 Å². The molecule has 0 spiro atoms. The van der Waals surface area contributed by atoms with E-state index in [1.54, 1.807) is 30.0 Å². The zero-order chi connectivity index (χ0) is 23.5. The lowest BCUT2D eigenvalue weighted by Gasteiger charge is -2.43. The molecule has 4 rings (SSSR count). The van der Waals surface area contributed by atoms with Crippen LogP contribution in [-0.4, -0.2) is 24.5 Å². The zero-order valence-corrected chi connectivity index (χ0v) is 19.8. The summed E-state index contributed by atoms with van der Waals surface area (Å²) in [7, 11) is 0. The number of hydrogen-bond acceptors (Lipinski definition) is 3. The number of ether oxygens (including phenoxy) is 1. The number of benzene rings is 3. The second-order valence-electron chi connectivity index (χ2n) is 8.16. The van der Waals surface area contributed by atoms with Crippen molar-refractivity contribution in [2.45, 2.75) is 39.3 Å². The molecule has 0 saturated carbocycles. The number of carbonyl (C=O) groups excluding carboxylic acids is 2. The van der Waals surface area contributed by atoms with Gasteiger partial charge >= 0.3 is 0 Å². The first-order valence-corrected chi connectivity index (χ1v) is 11.5. The van der Waals surface area contributed by atoms with Gasteiger partial charge in [-0.05, 0) is 74.4 Å². The van der Waals surface area contributed by atoms with E-state index in [1.165, 1.54) is 0 Å². The lowest BCUT2D eigenvalue weighted by Crippen LogP contribution is -2.47. The largest absolute Gasteiger partial charge is 0.494 e. The van der Waals surface area contributed by atoms with Gasteiger partial charge in [-0.3, -0.25) is 9.59 Å². The van der Waals surface area contributed by atoms with Crippen LogP contribution >= 0.6 is 11.6 Å². The lowest BCUT2D eigenvalue weighted by atomic mass is 9.89. The molecule has 33 heavy (non-hydrogen) atoms. The van der Waals surface area contributed by atoms with E-state index in [-0.39, 0.29) is 23.9 Å². The van der Waals surface area contributed by atoms with Crippen LogP contribution < -0.4 is 14.5 Å². The quantitative estimate of drug-likeness (QED) is 0.448. The number of para-hydroxylation sites is 1. The number of carbonyl (C=O) groups is 2. The highest BCUT2D eigenvalue weighted by Gasteiger charge is 2.38. The Bertz CT molecular complexity index is 1160. The van der Waals surface area contributed by atoms with Gasteiger partial charge in [0.25, 0.3) is 5.91 Å². The molecule has 0 radical (unpaired) electrons. The second kappa shape index (κ2) is 9.67. The van der Waals surface area contributed by atoms with E-state index < -0.39 is 0 Å². The number of amides is 2. The van der Waals surface area contributed by atoms with Crippen molar-refractivity contribution in [3.8, 4) is 5.75 Å². The standard InChI is InChI=1S/C27H27ClN2O3/c1-4-33-23-9-7-8-20(17-23)27(32)29-18(2)16-26(24-10-5-6-11-25(24)29)30(19(3)31)22-14-12-21(28)13-15-22/h5-15,17-18,26H,4,16H2,1-3H3. The molecule has 3 aromatic carbocycles. The van der Waals surface area contributed by atoms with Gasteiger partial charge in [0.05, 0.1) is 12.6 Å². The van der Waals surface area contributed by atoms with Crippen molar-refractivity contribution in [1.29, 1.82) is 0 Å². The van der Waals surface area contributed by atoms with Crippen LogP contribution in [0, 0.1) is 0 Å². The maximum atomic E-state index is 13.6. The van der Waals surface area contributed by atoms with Crippen molar-refractivity contribution in [3.05, 3.63) is 88.9 Å². The highest BCUT2D eigenvalue weighted by atomic mass is 35.5. The Morgan fingerprint density at radius 2 is 1.79 bits per heavy atom. The van der Waals surface area contributed by atoms with Crippen LogP contribution in [0.4, 0.5) is 11.4 Å². The van der Waals surface area contributed by atoms with Gasteiger partial charge < -0.3 is 14.5 Å². The highest BCUT2D eigenvalue weighted by molar-refractivity contribution is 6.30. The van der Waals surface area contributed by atoms with E-state index in [4.69, 9.17) is 16.3 Å². The molecule has 6 heteroatoms. The van der Waals surface area contributed by atoms with Crippen LogP contribution in [-0.2, 0) is 4.79 Å². The summed E-state index contributed by atoms with van der Waals surface area (Å²) >= 11 is 6.07. The Morgan fingerprint density at radius 1 is 1.06 bits per heavy atom. The topological polar surface area (TPSA) is 49.9 Å². The summed E-state index contributed by atoms with van der Waals surface area (Å²) in [5.41, 5.74) is 3.11. The fourth-order valence-corrected chi connectivity index (χ4v) is 4.67. The molecule has 1 heterocycles. The molecule has 170 valence electrons. The monoisotopic (exact) mass is 462 g/mol. The van der Waals surface area contributed by atoms with E-state index in [2.05, 4.69) is 0 Å². The molecule has 2 amide bonds. The predicted octanol–water partition coefficient (Wildman–Crippen LogP) is 6.27. The highest BCUT2D eigenvalue weighted by Crippen LogP contribution is 2.43. The van der Waals surface area contributed by atoms with Crippen LogP contribution in [0.15, 0.2) is 72.8 Å². The fraction of sp³-hybridized carbons (Fsp3) is 0.259. The summed E-state index contributed by atoms with van der Waals surface area (Å²) in [6, 6.07) is 22.0. The van der Waals surface area contributed by atoms with Crippen LogP contribution in [0.2, 0.25) is 5.02 Å². The molecular weight excluding hydrogens is 436 g/mol. The summed E-state index contributed by atoms with van der Waals surface area (Å²) in [6.45, 7) is 6.04. The lowest BCUT2D eigenvalue weighted by molar-refractivity contribution is -0.117. The van der Waals surface area contributed by atoms with Crippen molar-refractivity contribution in [2.24, 2.45) is 0 Å². The Balaban J connectivity index is 1.75. The molecule has 3 aromatic rings. The summed E-state index contributed by atoms with van der Waals surface area (Å²) in [5, 5.41) is 0.616. The van der Waals surface area contributed by atoms with Crippen molar-refractivity contribution < 1.29 is 14.3 Å². The molecule has 0 aliphatic carbocycles. The molecule has 0 bridgehead atoms. The molecule has 0 fully saturated rings. The number of nitrogens with zero attached hydrogens (tertiary/aromatic N) is 2. The smallest absolute Gasteiger partial charge is 0.258 e. The number of halogens is 1. The van der Waals surface area contributed by atoms with Gasteiger partial charge in [0.15, 0.2) is 0 Å². The third kappa shape index (κ3) is 4.60. The Labute approximate surface area is 199 Å². The first kappa shape index (κ1) is 22.9. The van der Waals surface area contributed by atoms with Crippen LogP contribution in [0.1, 0.15) is 49.2 Å². The van der Waals surface area contributed by atoms with E-state index in [1.807, 2.05) is 73.3 Å². The van der Waals surface area contributed by atoms with Gasteiger partial charge in [0.2, 0.25) is 5.91 Å². The fourth-order valence-electron chi connectivity index (χ4n) is 4.54. The molecule has 2 atom stereocenters. The van der Waals surface area contributed by atoms with Crippen molar-refractivity contribution in [2.75, 3.05) is 16.4 Å². The minimum atomic E-state index is -0.200. The van der Waals surface area contributed by atoms with Crippen molar-refractivity contribution in [3.63, 3.8) is 0 Å². The molecule has 5 nitrogen and oxygen atoms in total. The van der Waals surface area contributed by atoms with E-state index in [0.29, 0.717) is 29.4 Å². The van der Waals surface area contributed by atoms with E-state index in [9.17, 15) is 9.59 Å². The number of rotatable bonds is 5. The van der Waals surface area contributed by atoms with Crippen LogP contribution in [0.25, 0.3) is 0 Å². The van der Waals surface area contributed by atoms with Crippen molar-refractivity contribution in [1.82, 2.24) is 0 Å². The normalized spacial score (nSPS) is 17.3. The van der Waals surface area contributed by atoms with Crippen LogP contribution in [0.5, 0.6) is 5.75 Å². The minimum absolute atomic E-state index is 0.0616. The Hall–Kier alpha value is -3.31. The van der Waals surface area contributed by atoms with Crippen LogP contribution in [0.3, 0.4) is 0 Å². The molecular formula is C27H27ClN2O3. The second-order valence-corrected chi connectivity index (χ2v) is 8.60. The molecule has 0 saturated heterocycles. The number of hydrogen-bond donors (Lipinski definition) is 0. The number of anilines is 2. The van der Waals surface area contributed by atoms with Gasteiger partial charge in [-0.2, -0.15) is 0 Å². The maximum Gasteiger partial charge on any atom is 0.258 e. The molecule has 0 N–H and O–H groups in total. The molecule has 0 aromatic heterocycles. The average Bonchev–Trinajstić information content (AvgIpc) is 2.80. The summed E-state index contributed by atoms with van der Waals surface area (Å²) in [5.74, 6) is 0.522. The SMILES string of the molecule is CCOc1cccc(C(=O)N2c3ccccc3C(N(C(C)=O)c3ccc(Cl)cc3)CC2C)c1. The first-order valence-electron chi connectivity index (χ1n) is 11.1. The maximum absolute atomic E-state index is 13.6. The Morgan fingerprint density at radius 3 is 2.48 bits per heavy atom. The molecule has 2 unspecified atom stereocenters. The predicted molar refractivity (Wildman–Crippen MR) is 132 cm³/mol. The zero-order valence-electron chi connectivity index (χ0n) is 19.0. The number of fused-ring (bicyclic) bond motifs is 1. The first-order chi connectivity index (χ1) is 15.9. The van der Waals surface area contributed by atoms with Gasteiger partial charge in [0, 0.05) is 34.9 Å². The third-order valence-corrected chi connectivity index (χ3v) is 6.18. The summed E-state index contributed by atoms with van der Waals surface area (Å²) in [6.07, 6.45) is 0.607. The summed E-state index contributed by atoms with van der Waals surface area (Å²) in [4.78, 5) is 30.0. The van der Waals surface area contributed by atoms with E-state index in [0.717, 1.165) is 16.9 Å². The average molecular weight is 463 g/mol. The minimum Gasteiger partial charge on any atom is -0.494 e. The van der Waals surface area contributed by atoms with Gasteiger partial charge in [-0.25, -0.2) is 0 Å². The van der Waals surface area contributed by atoms with Gasteiger partial charge in [-0.15, -0.1) is 0 Å². The molecule has 1 aliphatic rings. The summed E-state index contributed by atoms with van der Waals surface area (Å²) < 4.78 is 5.59. The third-order valence-electron chi connectivity index (χ3n) is 5.93. The molecule has 1 aliphatic heterocycles.